The molecular formula is C15H19FN2. The van der Waals surface area contributed by atoms with Gasteiger partial charge in [0, 0.05) is 13.1 Å². The summed E-state index contributed by atoms with van der Waals surface area (Å²) in [5, 5.41) is 8.81. The lowest BCUT2D eigenvalue weighted by atomic mass is 10.0. The Bertz CT molecular complexity index is 450. The predicted octanol–water partition coefficient (Wildman–Crippen LogP) is 3.32. The number of rotatable bonds is 4. The molecule has 1 aliphatic heterocycles. The Kier molecular flexibility index (Phi) is 4.33. The smallest absolute Gasteiger partial charge is 0.140 e. The minimum Gasteiger partial charge on any atom is -0.299 e. The largest absolute Gasteiger partial charge is 0.299 e. The monoisotopic (exact) mass is 246 g/mol. The summed E-state index contributed by atoms with van der Waals surface area (Å²) in [7, 11) is 0. The van der Waals surface area contributed by atoms with Gasteiger partial charge in [-0.15, -0.1) is 0 Å². The molecular weight excluding hydrogens is 227 g/mol. The van der Waals surface area contributed by atoms with Crippen molar-refractivity contribution < 1.29 is 4.39 Å². The third kappa shape index (κ3) is 3.08. The van der Waals surface area contributed by atoms with Crippen molar-refractivity contribution in [3.05, 3.63) is 35.1 Å². The first-order valence-corrected chi connectivity index (χ1v) is 6.63. The Morgan fingerprint density at radius 3 is 3.06 bits per heavy atom. The molecule has 0 N–H and O–H groups in total. The van der Waals surface area contributed by atoms with E-state index in [1.807, 2.05) is 6.07 Å². The normalized spacial score (nSPS) is 19.9. The molecule has 0 bridgehead atoms. The van der Waals surface area contributed by atoms with Gasteiger partial charge >= 0.3 is 0 Å². The highest BCUT2D eigenvalue weighted by Gasteiger charge is 2.21. The van der Waals surface area contributed by atoms with Gasteiger partial charge in [0.25, 0.3) is 0 Å². The van der Waals surface area contributed by atoms with Crippen molar-refractivity contribution in [1.29, 1.82) is 5.26 Å². The van der Waals surface area contributed by atoms with E-state index in [9.17, 15) is 4.39 Å². The molecule has 1 unspecified atom stereocenters. The number of hydrogen-bond donors (Lipinski definition) is 0. The minimum atomic E-state index is -0.425. The third-order valence-corrected chi connectivity index (χ3v) is 3.62. The summed E-state index contributed by atoms with van der Waals surface area (Å²) in [6.07, 6.45) is 3.80. The number of likely N-dealkylation sites (tertiary alicyclic amines) is 1. The second kappa shape index (κ2) is 5.97. The van der Waals surface area contributed by atoms with Crippen molar-refractivity contribution in [2.24, 2.45) is 5.92 Å². The SMILES string of the molecule is CCCC1CCN(Cc2ccc(F)c(C#N)c2)C1. The van der Waals surface area contributed by atoms with Gasteiger partial charge in [0.1, 0.15) is 11.9 Å². The molecule has 1 aromatic carbocycles. The second-order valence-corrected chi connectivity index (χ2v) is 5.10. The maximum absolute atomic E-state index is 13.2. The molecule has 0 spiro atoms. The van der Waals surface area contributed by atoms with Gasteiger partial charge < -0.3 is 0 Å². The lowest BCUT2D eigenvalue weighted by molar-refractivity contribution is 0.313. The fourth-order valence-electron chi connectivity index (χ4n) is 2.72. The van der Waals surface area contributed by atoms with Crippen LogP contribution in [0.5, 0.6) is 0 Å². The standard InChI is InChI=1S/C15H19FN2/c1-2-3-12-6-7-18(10-12)11-13-4-5-15(16)14(8-13)9-17/h4-5,8,12H,2-3,6-7,10-11H2,1H3. The summed E-state index contributed by atoms with van der Waals surface area (Å²) in [5.74, 6) is 0.386. The van der Waals surface area contributed by atoms with Crippen LogP contribution in [0, 0.1) is 23.1 Å². The van der Waals surface area contributed by atoms with E-state index >= 15 is 0 Å². The summed E-state index contributed by atoms with van der Waals surface area (Å²) in [5.41, 5.74) is 1.18. The van der Waals surface area contributed by atoms with Crippen LogP contribution in [0.1, 0.15) is 37.3 Å². The fourth-order valence-corrected chi connectivity index (χ4v) is 2.72. The maximum Gasteiger partial charge on any atom is 0.140 e. The van der Waals surface area contributed by atoms with Crippen molar-refractivity contribution in [3.63, 3.8) is 0 Å². The summed E-state index contributed by atoms with van der Waals surface area (Å²) >= 11 is 0. The maximum atomic E-state index is 13.2. The van der Waals surface area contributed by atoms with Crippen LogP contribution >= 0.6 is 0 Å². The van der Waals surface area contributed by atoms with Crippen LogP contribution in [0.4, 0.5) is 4.39 Å². The van der Waals surface area contributed by atoms with Crippen molar-refractivity contribution in [2.45, 2.75) is 32.7 Å². The van der Waals surface area contributed by atoms with E-state index < -0.39 is 5.82 Å². The molecule has 1 aliphatic rings. The lowest BCUT2D eigenvalue weighted by Crippen LogP contribution is -2.20. The van der Waals surface area contributed by atoms with E-state index in [4.69, 9.17) is 5.26 Å². The minimum absolute atomic E-state index is 0.150. The average molecular weight is 246 g/mol. The van der Waals surface area contributed by atoms with Crippen molar-refractivity contribution in [1.82, 2.24) is 4.90 Å². The van der Waals surface area contributed by atoms with Gasteiger partial charge in [0.05, 0.1) is 5.56 Å². The Labute approximate surface area is 108 Å². The summed E-state index contributed by atoms with van der Waals surface area (Å²) in [6, 6.07) is 6.74. The van der Waals surface area contributed by atoms with E-state index in [0.717, 1.165) is 31.1 Å². The Morgan fingerprint density at radius 2 is 2.33 bits per heavy atom. The van der Waals surface area contributed by atoms with Crippen molar-refractivity contribution in [3.8, 4) is 6.07 Å². The number of nitrogens with zero attached hydrogens (tertiary/aromatic N) is 2. The molecule has 1 heterocycles. The van der Waals surface area contributed by atoms with Crippen LogP contribution in [0.2, 0.25) is 0 Å². The number of hydrogen-bond acceptors (Lipinski definition) is 2. The Hall–Kier alpha value is -1.40. The molecule has 1 saturated heterocycles. The van der Waals surface area contributed by atoms with Crippen molar-refractivity contribution in [2.75, 3.05) is 13.1 Å². The zero-order valence-corrected chi connectivity index (χ0v) is 10.8. The van der Waals surface area contributed by atoms with Gasteiger partial charge in [-0.25, -0.2) is 4.39 Å². The van der Waals surface area contributed by atoms with E-state index in [-0.39, 0.29) is 5.56 Å². The lowest BCUT2D eigenvalue weighted by Gasteiger charge is -2.16. The Morgan fingerprint density at radius 1 is 1.50 bits per heavy atom. The highest BCUT2D eigenvalue weighted by molar-refractivity contribution is 5.34. The molecule has 2 nitrogen and oxygen atoms in total. The molecule has 0 radical (unpaired) electrons. The molecule has 1 aromatic rings. The molecule has 18 heavy (non-hydrogen) atoms. The van der Waals surface area contributed by atoms with Crippen LogP contribution in [0.3, 0.4) is 0 Å². The highest BCUT2D eigenvalue weighted by Crippen LogP contribution is 2.22. The predicted molar refractivity (Wildman–Crippen MR) is 69.4 cm³/mol. The zero-order valence-electron chi connectivity index (χ0n) is 10.8. The van der Waals surface area contributed by atoms with Crippen molar-refractivity contribution >= 4 is 0 Å². The fraction of sp³-hybridized carbons (Fsp3) is 0.533. The number of halogens is 1. The van der Waals surface area contributed by atoms with Crippen LogP contribution in [0.15, 0.2) is 18.2 Å². The molecule has 0 aromatic heterocycles. The second-order valence-electron chi connectivity index (χ2n) is 5.10. The van der Waals surface area contributed by atoms with Crippen LogP contribution in [-0.2, 0) is 6.54 Å². The van der Waals surface area contributed by atoms with Gasteiger partial charge in [-0.05, 0) is 43.0 Å². The topological polar surface area (TPSA) is 27.0 Å². The van der Waals surface area contributed by atoms with Gasteiger partial charge in [0.15, 0.2) is 0 Å². The highest BCUT2D eigenvalue weighted by atomic mass is 19.1. The number of nitriles is 1. The molecule has 0 amide bonds. The quantitative estimate of drug-likeness (QED) is 0.815. The first-order chi connectivity index (χ1) is 8.72. The third-order valence-electron chi connectivity index (χ3n) is 3.62. The first-order valence-electron chi connectivity index (χ1n) is 6.63. The first kappa shape index (κ1) is 13.0. The van der Waals surface area contributed by atoms with E-state index in [1.165, 1.54) is 25.3 Å². The Balaban J connectivity index is 1.97. The molecule has 0 aliphatic carbocycles. The van der Waals surface area contributed by atoms with E-state index in [1.54, 1.807) is 12.1 Å². The summed E-state index contributed by atoms with van der Waals surface area (Å²) in [6.45, 7) is 5.30. The summed E-state index contributed by atoms with van der Waals surface area (Å²) < 4.78 is 13.2. The molecule has 0 saturated carbocycles. The zero-order chi connectivity index (χ0) is 13.0. The number of benzene rings is 1. The van der Waals surface area contributed by atoms with E-state index in [2.05, 4.69) is 11.8 Å². The molecule has 2 rings (SSSR count). The summed E-state index contributed by atoms with van der Waals surface area (Å²) in [4.78, 5) is 2.40. The van der Waals surface area contributed by atoms with E-state index in [0.29, 0.717) is 0 Å². The molecule has 96 valence electrons. The van der Waals surface area contributed by atoms with Crippen LogP contribution in [-0.4, -0.2) is 18.0 Å². The van der Waals surface area contributed by atoms with Gasteiger partial charge in [-0.1, -0.05) is 19.4 Å². The molecule has 1 atom stereocenters. The van der Waals surface area contributed by atoms with Gasteiger partial charge in [0.2, 0.25) is 0 Å². The van der Waals surface area contributed by atoms with Gasteiger partial charge in [-0.3, -0.25) is 4.90 Å². The molecule has 1 fully saturated rings. The van der Waals surface area contributed by atoms with Crippen LogP contribution < -0.4 is 0 Å². The van der Waals surface area contributed by atoms with Gasteiger partial charge in [-0.2, -0.15) is 5.26 Å². The average Bonchev–Trinajstić information content (AvgIpc) is 2.80. The molecule has 3 heteroatoms. The van der Waals surface area contributed by atoms with Crippen LogP contribution in [0.25, 0.3) is 0 Å².